The van der Waals surface area contributed by atoms with Crippen LogP contribution in [0, 0.1) is 5.92 Å². The van der Waals surface area contributed by atoms with E-state index in [0.29, 0.717) is 6.42 Å². The molecular weight excluding hydrogens is 420 g/mol. The van der Waals surface area contributed by atoms with Gasteiger partial charge in [0.15, 0.2) is 0 Å². The molecule has 3 aromatic rings. The molecule has 0 aliphatic rings. The van der Waals surface area contributed by atoms with Crippen molar-refractivity contribution in [2.24, 2.45) is 11.7 Å². The molecule has 174 valence electrons. The quantitative estimate of drug-likeness (QED) is 0.379. The molecule has 8 nitrogen and oxygen atoms in total. The first-order chi connectivity index (χ1) is 15.8. The number of hydrogen-bond donors (Lipinski definition) is 4. The van der Waals surface area contributed by atoms with Gasteiger partial charge < -0.3 is 26.1 Å². The number of aromatic amines is 1. The number of primary amides is 1. The van der Waals surface area contributed by atoms with Gasteiger partial charge in [0, 0.05) is 23.5 Å². The maximum absolute atomic E-state index is 13.1. The van der Waals surface area contributed by atoms with E-state index in [-0.39, 0.29) is 18.9 Å². The molecular formula is C25H30N4O4. The van der Waals surface area contributed by atoms with Crippen molar-refractivity contribution in [3.63, 3.8) is 0 Å². The topological polar surface area (TPSA) is 126 Å². The lowest BCUT2D eigenvalue weighted by Gasteiger charge is -2.22. The lowest BCUT2D eigenvalue weighted by molar-refractivity contribution is -0.128. The number of ether oxygens (including phenoxy) is 1. The fourth-order valence-corrected chi connectivity index (χ4v) is 3.63. The normalized spacial score (nSPS) is 12.8. The minimum atomic E-state index is -0.957. The van der Waals surface area contributed by atoms with Gasteiger partial charge in [-0.1, -0.05) is 62.4 Å². The van der Waals surface area contributed by atoms with Crippen LogP contribution in [-0.4, -0.2) is 35.0 Å². The van der Waals surface area contributed by atoms with E-state index >= 15 is 0 Å². The van der Waals surface area contributed by atoms with Crippen LogP contribution in [-0.2, 0) is 27.4 Å². The predicted octanol–water partition coefficient (Wildman–Crippen LogP) is 3.02. The number of nitrogens with two attached hydrogens (primary N) is 1. The van der Waals surface area contributed by atoms with E-state index < -0.39 is 30.0 Å². The second-order valence-electron chi connectivity index (χ2n) is 8.42. The van der Waals surface area contributed by atoms with Gasteiger partial charge in [-0.2, -0.15) is 0 Å². The third-order valence-corrected chi connectivity index (χ3v) is 5.29. The first-order valence-corrected chi connectivity index (χ1v) is 11.0. The van der Waals surface area contributed by atoms with Crippen LogP contribution >= 0.6 is 0 Å². The fraction of sp³-hybridized carbons (Fsp3) is 0.320. The maximum Gasteiger partial charge on any atom is 0.408 e. The van der Waals surface area contributed by atoms with Crippen LogP contribution in [0.1, 0.15) is 31.4 Å². The third kappa shape index (κ3) is 6.83. The summed E-state index contributed by atoms with van der Waals surface area (Å²) in [6.07, 6.45) is 1.70. The highest BCUT2D eigenvalue weighted by Gasteiger charge is 2.27. The number of amides is 3. The highest BCUT2D eigenvalue weighted by molar-refractivity contribution is 5.92. The summed E-state index contributed by atoms with van der Waals surface area (Å²) >= 11 is 0. The number of para-hydroxylation sites is 1. The van der Waals surface area contributed by atoms with Gasteiger partial charge in [-0.05, 0) is 29.5 Å². The molecule has 0 bridgehead atoms. The van der Waals surface area contributed by atoms with E-state index in [1.54, 1.807) is 0 Å². The summed E-state index contributed by atoms with van der Waals surface area (Å²) in [5, 5.41) is 6.29. The molecule has 0 aliphatic carbocycles. The number of rotatable bonds is 10. The molecule has 0 saturated heterocycles. The summed E-state index contributed by atoms with van der Waals surface area (Å²) in [4.78, 5) is 40.6. The molecule has 8 heteroatoms. The zero-order chi connectivity index (χ0) is 23.8. The zero-order valence-electron chi connectivity index (χ0n) is 18.8. The van der Waals surface area contributed by atoms with Crippen LogP contribution in [0.5, 0.6) is 0 Å². The minimum absolute atomic E-state index is 0.0748. The van der Waals surface area contributed by atoms with Crippen LogP contribution in [0.25, 0.3) is 10.9 Å². The number of carbonyl (C=O) groups is 3. The lowest BCUT2D eigenvalue weighted by atomic mass is 10.0. The van der Waals surface area contributed by atoms with Crippen molar-refractivity contribution in [3.8, 4) is 0 Å². The van der Waals surface area contributed by atoms with E-state index in [1.807, 2.05) is 74.6 Å². The Hall–Kier alpha value is -3.81. The Bertz CT molecular complexity index is 1090. The number of fused-ring (bicyclic) bond motifs is 1. The van der Waals surface area contributed by atoms with Crippen LogP contribution < -0.4 is 16.4 Å². The molecule has 1 aromatic heterocycles. The molecule has 2 aromatic carbocycles. The first-order valence-electron chi connectivity index (χ1n) is 11.0. The summed E-state index contributed by atoms with van der Waals surface area (Å²) < 4.78 is 5.30. The highest BCUT2D eigenvalue weighted by atomic mass is 16.5. The average molecular weight is 451 g/mol. The molecule has 2 atom stereocenters. The second kappa shape index (κ2) is 11.2. The zero-order valence-corrected chi connectivity index (χ0v) is 18.8. The van der Waals surface area contributed by atoms with E-state index in [9.17, 15) is 14.4 Å². The lowest BCUT2D eigenvalue weighted by Crippen LogP contribution is -2.54. The van der Waals surface area contributed by atoms with Crippen molar-refractivity contribution < 1.29 is 19.1 Å². The van der Waals surface area contributed by atoms with Gasteiger partial charge in [0.25, 0.3) is 0 Å². The van der Waals surface area contributed by atoms with Crippen molar-refractivity contribution >= 4 is 28.8 Å². The van der Waals surface area contributed by atoms with Gasteiger partial charge in [-0.15, -0.1) is 0 Å². The smallest absolute Gasteiger partial charge is 0.408 e. The van der Waals surface area contributed by atoms with Crippen LogP contribution in [0.4, 0.5) is 4.79 Å². The number of H-pyrrole nitrogens is 1. The van der Waals surface area contributed by atoms with Crippen molar-refractivity contribution in [2.75, 3.05) is 0 Å². The molecule has 1 heterocycles. The Labute approximate surface area is 192 Å². The summed E-state index contributed by atoms with van der Waals surface area (Å²) in [5.74, 6) is -0.963. The first kappa shape index (κ1) is 23.8. The maximum atomic E-state index is 13.1. The van der Waals surface area contributed by atoms with Gasteiger partial charge in [0.1, 0.15) is 18.7 Å². The Morgan fingerprint density at radius 2 is 1.67 bits per heavy atom. The largest absolute Gasteiger partial charge is 0.445 e. The number of carbonyl (C=O) groups excluding carboxylic acids is 3. The monoisotopic (exact) mass is 450 g/mol. The van der Waals surface area contributed by atoms with Crippen LogP contribution in [0.15, 0.2) is 60.8 Å². The van der Waals surface area contributed by atoms with Crippen LogP contribution in [0.3, 0.4) is 0 Å². The summed E-state index contributed by atoms with van der Waals surface area (Å²) in [7, 11) is 0. The molecule has 5 N–H and O–H groups in total. The third-order valence-electron chi connectivity index (χ3n) is 5.29. The summed E-state index contributed by atoms with van der Waals surface area (Å²) in [6.45, 7) is 3.95. The molecule has 0 aliphatic heterocycles. The van der Waals surface area contributed by atoms with Crippen molar-refractivity contribution in [3.05, 3.63) is 71.9 Å². The number of hydrogen-bond acceptors (Lipinski definition) is 4. The molecule has 3 rings (SSSR count). The number of alkyl carbamates (subject to hydrolysis) is 1. The Kier molecular flexibility index (Phi) is 8.07. The van der Waals surface area contributed by atoms with Crippen molar-refractivity contribution in [2.45, 2.75) is 45.4 Å². The highest BCUT2D eigenvalue weighted by Crippen LogP contribution is 2.19. The van der Waals surface area contributed by atoms with Crippen LogP contribution in [0.2, 0.25) is 0 Å². The number of aromatic nitrogens is 1. The molecule has 0 fully saturated rings. The summed E-state index contributed by atoms with van der Waals surface area (Å²) in [6, 6.07) is 15.2. The second-order valence-corrected chi connectivity index (χ2v) is 8.42. The van der Waals surface area contributed by atoms with Crippen molar-refractivity contribution in [1.29, 1.82) is 0 Å². The van der Waals surface area contributed by atoms with Gasteiger partial charge >= 0.3 is 6.09 Å². The van der Waals surface area contributed by atoms with E-state index in [4.69, 9.17) is 10.5 Å². The molecule has 0 saturated carbocycles. The molecule has 33 heavy (non-hydrogen) atoms. The average Bonchev–Trinajstić information content (AvgIpc) is 3.20. The van der Waals surface area contributed by atoms with E-state index in [1.165, 1.54) is 0 Å². The van der Waals surface area contributed by atoms with E-state index in [2.05, 4.69) is 15.6 Å². The Balaban J connectivity index is 1.75. The molecule has 0 spiro atoms. The van der Waals surface area contributed by atoms with E-state index in [0.717, 1.165) is 22.0 Å². The molecule has 0 unspecified atom stereocenters. The van der Waals surface area contributed by atoms with Crippen molar-refractivity contribution in [1.82, 2.24) is 15.6 Å². The Morgan fingerprint density at radius 1 is 0.970 bits per heavy atom. The number of nitrogens with one attached hydrogen (secondary N) is 3. The Morgan fingerprint density at radius 3 is 2.36 bits per heavy atom. The van der Waals surface area contributed by atoms with Gasteiger partial charge in [-0.25, -0.2) is 4.79 Å². The standard InChI is InChI=1S/C25H30N4O4/c1-16(2)12-21(23(26)30)28-24(31)22(13-18-14-27-20-11-7-6-10-19(18)20)29-25(32)33-15-17-8-4-3-5-9-17/h3-11,14,16,21-22,27H,12-13,15H2,1-2H3,(H2,26,30)(H,28,31)(H,29,32)/t21-,22-/m0/s1. The number of benzene rings is 2. The van der Waals surface area contributed by atoms with Gasteiger partial charge in [0.2, 0.25) is 11.8 Å². The summed E-state index contributed by atoms with van der Waals surface area (Å²) in [5.41, 5.74) is 8.10. The fourth-order valence-electron chi connectivity index (χ4n) is 3.63. The molecule has 3 amide bonds. The minimum Gasteiger partial charge on any atom is -0.445 e. The van der Waals surface area contributed by atoms with Gasteiger partial charge in [-0.3, -0.25) is 9.59 Å². The molecule has 0 radical (unpaired) electrons. The SMILES string of the molecule is CC(C)C[C@H](NC(=O)[C@H](Cc1c[nH]c2ccccc12)NC(=O)OCc1ccccc1)C(N)=O. The predicted molar refractivity (Wildman–Crippen MR) is 126 cm³/mol. The van der Waals surface area contributed by atoms with Gasteiger partial charge in [0.05, 0.1) is 0 Å².